The number of aryl methyl sites for hydroxylation is 1. The van der Waals surface area contributed by atoms with Crippen LogP contribution >= 0.6 is 0 Å². The standard InChI is InChI=1S/C19H23N3/c1-14-7-9-15(10-8-14)12-17-21-16-6-5-11-20-18(16)22(17)13-19(2,3)4/h5-11H,12-13H2,1-4H3. The molecule has 2 aromatic heterocycles. The Kier molecular flexibility index (Phi) is 3.73. The Morgan fingerprint density at radius 2 is 1.77 bits per heavy atom. The van der Waals surface area contributed by atoms with E-state index in [0.29, 0.717) is 0 Å². The fraction of sp³-hybridized carbons (Fsp3) is 0.368. The lowest BCUT2D eigenvalue weighted by Crippen LogP contribution is -2.18. The minimum absolute atomic E-state index is 0.188. The Morgan fingerprint density at radius 3 is 2.45 bits per heavy atom. The van der Waals surface area contributed by atoms with Crippen molar-refractivity contribution in [1.82, 2.24) is 14.5 Å². The topological polar surface area (TPSA) is 30.7 Å². The first kappa shape index (κ1) is 14.8. The summed E-state index contributed by atoms with van der Waals surface area (Å²) in [5, 5.41) is 0. The third-order valence-corrected chi connectivity index (χ3v) is 3.70. The van der Waals surface area contributed by atoms with Gasteiger partial charge in [0.05, 0.1) is 0 Å². The van der Waals surface area contributed by atoms with Gasteiger partial charge in [-0.2, -0.15) is 0 Å². The second-order valence-electron chi connectivity index (χ2n) is 7.18. The predicted molar refractivity (Wildman–Crippen MR) is 91.0 cm³/mol. The van der Waals surface area contributed by atoms with Crippen LogP contribution in [-0.2, 0) is 13.0 Å². The van der Waals surface area contributed by atoms with Gasteiger partial charge < -0.3 is 4.57 Å². The van der Waals surface area contributed by atoms with Gasteiger partial charge in [-0.3, -0.25) is 0 Å². The molecule has 0 aliphatic carbocycles. The fourth-order valence-corrected chi connectivity index (χ4v) is 2.67. The second-order valence-corrected chi connectivity index (χ2v) is 7.18. The highest BCUT2D eigenvalue weighted by atomic mass is 15.1. The Hall–Kier alpha value is -2.16. The Labute approximate surface area is 132 Å². The molecule has 0 N–H and O–H groups in total. The van der Waals surface area contributed by atoms with E-state index in [4.69, 9.17) is 4.98 Å². The third kappa shape index (κ3) is 3.19. The normalized spacial score (nSPS) is 12.0. The summed E-state index contributed by atoms with van der Waals surface area (Å²) in [6.07, 6.45) is 2.69. The molecule has 3 rings (SSSR count). The van der Waals surface area contributed by atoms with Gasteiger partial charge in [-0.1, -0.05) is 50.6 Å². The lowest BCUT2D eigenvalue weighted by atomic mass is 9.96. The number of rotatable bonds is 3. The molecule has 0 aliphatic heterocycles. The van der Waals surface area contributed by atoms with E-state index in [9.17, 15) is 0 Å². The van der Waals surface area contributed by atoms with E-state index in [1.807, 2.05) is 18.3 Å². The fourth-order valence-electron chi connectivity index (χ4n) is 2.67. The van der Waals surface area contributed by atoms with E-state index in [1.165, 1.54) is 11.1 Å². The molecule has 0 unspecified atom stereocenters. The molecule has 0 spiro atoms. The minimum atomic E-state index is 0.188. The van der Waals surface area contributed by atoms with Crippen LogP contribution in [0.25, 0.3) is 11.2 Å². The van der Waals surface area contributed by atoms with Gasteiger partial charge in [-0.25, -0.2) is 9.97 Å². The minimum Gasteiger partial charge on any atom is -0.312 e. The molecule has 0 saturated heterocycles. The van der Waals surface area contributed by atoms with Crippen molar-refractivity contribution in [2.75, 3.05) is 0 Å². The zero-order valence-corrected chi connectivity index (χ0v) is 13.8. The van der Waals surface area contributed by atoms with Crippen LogP contribution in [0.5, 0.6) is 0 Å². The second kappa shape index (κ2) is 5.56. The summed E-state index contributed by atoms with van der Waals surface area (Å²) in [6, 6.07) is 12.7. The molecule has 0 fully saturated rings. The lowest BCUT2D eigenvalue weighted by Gasteiger charge is -2.21. The first-order valence-corrected chi connectivity index (χ1v) is 7.78. The van der Waals surface area contributed by atoms with Crippen LogP contribution in [0.4, 0.5) is 0 Å². The van der Waals surface area contributed by atoms with Crippen LogP contribution in [0, 0.1) is 12.3 Å². The first-order chi connectivity index (χ1) is 10.4. The summed E-state index contributed by atoms with van der Waals surface area (Å²) >= 11 is 0. The number of pyridine rings is 1. The zero-order valence-electron chi connectivity index (χ0n) is 13.8. The summed E-state index contributed by atoms with van der Waals surface area (Å²) in [6.45, 7) is 9.77. The molecule has 3 aromatic rings. The van der Waals surface area contributed by atoms with Gasteiger partial charge in [0.1, 0.15) is 11.3 Å². The maximum absolute atomic E-state index is 4.82. The van der Waals surface area contributed by atoms with E-state index >= 15 is 0 Å². The molecule has 2 heterocycles. The monoisotopic (exact) mass is 293 g/mol. The van der Waals surface area contributed by atoms with E-state index in [2.05, 4.69) is 61.5 Å². The molecule has 0 amide bonds. The van der Waals surface area contributed by atoms with Crippen LogP contribution in [0.3, 0.4) is 0 Å². The molecule has 3 nitrogen and oxygen atoms in total. The zero-order chi connectivity index (χ0) is 15.7. The van der Waals surface area contributed by atoms with Gasteiger partial charge in [0.25, 0.3) is 0 Å². The number of hydrogen-bond acceptors (Lipinski definition) is 2. The van der Waals surface area contributed by atoms with Gasteiger partial charge in [0, 0.05) is 19.2 Å². The number of benzene rings is 1. The van der Waals surface area contributed by atoms with Crippen molar-refractivity contribution in [2.24, 2.45) is 5.41 Å². The van der Waals surface area contributed by atoms with Crippen molar-refractivity contribution in [1.29, 1.82) is 0 Å². The molecule has 0 atom stereocenters. The highest BCUT2D eigenvalue weighted by Crippen LogP contribution is 2.23. The van der Waals surface area contributed by atoms with Crippen molar-refractivity contribution in [3.63, 3.8) is 0 Å². The summed E-state index contributed by atoms with van der Waals surface area (Å²) in [4.78, 5) is 9.36. The molecule has 3 heteroatoms. The Bertz CT molecular complexity index is 777. The van der Waals surface area contributed by atoms with Crippen molar-refractivity contribution in [2.45, 2.75) is 40.7 Å². The maximum atomic E-state index is 4.82. The van der Waals surface area contributed by atoms with Crippen LogP contribution in [-0.4, -0.2) is 14.5 Å². The third-order valence-electron chi connectivity index (χ3n) is 3.70. The van der Waals surface area contributed by atoms with Crippen molar-refractivity contribution < 1.29 is 0 Å². The summed E-state index contributed by atoms with van der Waals surface area (Å²) in [7, 11) is 0. The Balaban J connectivity index is 2.03. The number of fused-ring (bicyclic) bond motifs is 1. The quantitative estimate of drug-likeness (QED) is 0.717. The number of nitrogens with zero attached hydrogens (tertiary/aromatic N) is 3. The van der Waals surface area contributed by atoms with Crippen LogP contribution in [0.2, 0.25) is 0 Å². The highest BCUT2D eigenvalue weighted by Gasteiger charge is 2.18. The molecule has 114 valence electrons. The van der Waals surface area contributed by atoms with E-state index in [-0.39, 0.29) is 5.41 Å². The predicted octanol–water partition coefficient (Wildman–Crippen LogP) is 4.38. The maximum Gasteiger partial charge on any atom is 0.160 e. The highest BCUT2D eigenvalue weighted by molar-refractivity contribution is 5.71. The van der Waals surface area contributed by atoms with Crippen LogP contribution in [0.15, 0.2) is 42.6 Å². The molecular weight excluding hydrogens is 270 g/mol. The smallest absolute Gasteiger partial charge is 0.160 e. The van der Waals surface area contributed by atoms with E-state index < -0.39 is 0 Å². The number of hydrogen-bond donors (Lipinski definition) is 0. The summed E-state index contributed by atoms with van der Waals surface area (Å²) in [5.41, 5.74) is 4.73. The van der Waals surface area contributed by atoms with Gasteiger partial charge >= 0.3 is 0 Å². The van der Waals surface area contributed by atoms with Gasteiger partial charge in [0.2, 0.25) is 0 Å². The van der Waals surface area contributed by atoms with Crippen LogP contribution < -0.4 is 0 Å². The van der Waals surface area contributed by atoms with Gasteiger partial charge in [0.15, 0.2) is 5.65 Å². The molecule has 0 saturated carbocycles. The molecule has 1 aromatic carbocycles. The van der Waals surface area contributed by atoms with Crippen molar-refractivity contribution in [3.05, 3.63) is 59.5 Å². The lowest BCUT2D eigenvalue weighted by molar-refractivity contribution is 0.343. The molecule has 22 heavy (non-hydrogen) atoms. The SMILES string of the molecule is Cc1ccc(Cc2nc3cccnc3n2CC(C)(C)C)cc1. The van der Waals surface area contributed by atoms with Crippen molar-refractivity contribution in [3.8, 4) is 0 Å². The van der Waals surface area contributed by atoms with Gasteiger partial charge in [-0.05, 0) is 30.0 Å². The largest absolute Gasteiger partial charge is 0.312 e. The van der Waals surface area contributed by atoms with E-state index in [1.54, 1.807) is 0 Å². The Morgan fingerprint density at radius 1 is 1.05 bits per heavy atom. The van der Waals surface area contributed by atoms with E-state index in [0.717, 1.165) is 30.0 Å². The molecular formula is C19H23N3. The average Bonchev–Trinajstić information content (AvgIpc) is 2.78. The molecule has 0 aliphatic rings. The average molecular weight is 293 g/mol. The summed E-state index contributed by atoms with van der Waals surface area (Å²) in [5.74, 6) is 1.09. The van der Waals surface area contributed by atoms with Gasteiger partial charge in [-0.15, -0.1) is 0 Å². The number of aromatic nitrogens is 3. The number of imidazole rings is 1. The van der Waals surface area contributed by atoms with Crippen LogP contribution in [0.1, 0.15) is 37.7 Å². The first-order valence-electron chi connectivity index (χ1n) is 7.78. The molecule has 0 bridgehead atoms. The molecule has 0 radical (unpaired) electrons. The van der Waals surface area contributed by atoms with Crippen molar-refractivity contribution >= 4 is 11.2 Å². The summed E-state index contributed by atoms with van der Waals surface area (Å²) < 4.78 is 2.27.